The van der Waals surface area contributed by atoms with E-state index in [2.05, 4.69) is 21.4 Å². The van der Waals surface area contributed by atoms with E-state index in [0.29, 0.717) is 19.1 Å². The number of rotatable bonds is 5. The van der Waals surface area contributed by atoms with Crippen molar-refractivity contribution in [3.05, 3.63) is 18.2 Å². The molecule has 0 spiro atoms. The van der Waals surface area contributed by atoms with Crippen molar-refractivity contribution in [3.8, 4) is 0 Å². The molecule has 3 heterocycles. The maximum atomic E-state index is 11.0. The number of hydrogen-bond donors (Lipinski definition) is 1. The first-order valence-corrected chi connectivity index (χ1v) is 7.91. The van der Waals surface area contributed by atoms with E-state index in [1.807, 2.05) is 17.3 Å². The maximum Gasteiger partial charge on any atom is 0.317 e. The fourth-order valence-electron chi connectivity index (χ4n) is 3.50. The number of nitrogens with zero attached hydrogens (tertiary/aromatic N) is 4. The average molecular weight is 308 g/mol. The van der Waals surface area contributed by atoms with E-state index in [0.717, 1.165) is 38.5 Å². The van der Waals surface area contributed by atoms with Gasteiger partial charge in [-0.15, -0.1) is 0 Å². The monoisotopic (exact) mass is 308 g/mol. The zero-order chi connectivity index (χ0) is 15.5. The first-order chi connectivity index (χ1) is 10.7. The summed E-state index contributed by atoms with van der Waals surface area (Å²) in [7, 11) is 0. The molecule has 1 aromatic rings. The van der Waals surface area contributed by atoms with Crippen LogP contribution in [0.15, 0.2) is 12.4 Å². The van der Waals surface area contributed by atoms with Gasteiger partial charge in [0, 0.05) is 50.5 Å². The smallest absolute Gasteiger partial charge is 0.317 e. The molecule has 2 atom stereocenters. The van der Waals surface area contributed by atoms with Crippen molar-refractivity contribution in [2.45, 2.75) is 26.1 Å². The zero-order valence-corrected chi connectivity index (χ0v) is 13.0. The summed E-state index contributed by atoms with van der Waals surface area (Å²) >= 11 is 0. The molecule has 1 aromatic heterocycles. The van der Waals surface area contributed by atoms with Crippen molar-refractivity contribution in [1.29, 1.82) is 0 Å². The third-order valence-corrected chi connectivity index (χ3v) is 4.50. The van der Waals surface area contributed by atoms with Gasteiger partial charge in [0.1, 0.15) is 5.82 Å². The molecule has 22 heavy (non-hydrogen) atoms. The third kappa shape index (κ3) is 3.48. The fraction of sp³-hybridized carbons (Fsp3) is 0.733. The molecule has 3 rings (SSSR count). The molecular formula is C15H24N4O3. The molecule has 0 aromatic carbocycles. The molecule has 2 saturated heterocycles. The van der Waals surface area contributed by atoms with Crippen molar-refractivity contribution in [2.24, 2.45) is 5.92 Å². The van der Waals surface area contributed by atoms with E-state index in [-0.39, 0.29) is 12.6 Å². The van der Waals surface area contributed by atoms with Crippen LogP contribution in [0.2, 0.25) is 0 Å². The summed E-state index contributed by atoms with van der Waals surface area (Å²) in [5, 5.41) is 9.06. The molecule has 0 aliphatic carbocycles. The quantitative estimate of drug-likeness (QED) is 0.833. The van der Waals surface area contributed by atoms with Crippen LogP contribution in [-0.4, -0.2) is 75.9 Å². The van der Waals surface area contributed by atoms with Gasteiger partial charge in [-0.1, -0.05) is 0 Å². The Labute approximate surface area is 130 Å². The lowest BCUT2D eigenvalue weighted by Crippen LogP contribution is -2.45. The molecule has 0 radical (unpaired) electrons. The highest BCUT2D eigenvalue weighted by Gasteiger charge is 2.34. The van der Waals surface area contributed by atoms with Crippen LogP contribution in [0.3, 0.4) is 0 Å². The largest absolute Gasteiger partial charge is 0.480 e. The first kappa shape index (κ1) is 15.5. The molecule has 2 fully saturated rings. The predicted molar refractivity (Wildman–Crippen MR) is 80.5 cm³/mol. The Balaban J connectivity index is 1.73. The zero-order valence-electron chi connectivity index (χ0n) is 13.0. The Morgan fingerprint density at radius 2 is 2.27 bits per heavy atom. The summed E-state index contributed by atoms with van der Waals surface area (Å²) in [4.78, 5) is 19.9. The Morgan fingerprint density at radius 3 is 3.05 bits per heavy atom. The van der Waals surface area contributed by atoms with Crippen LogP contribution in [0.1, 0.15) is 12.7 Å². The summed E-state index contributed by atoms with van der Waals surface area (Å²) in [6.45, 7) is 7.80. The number of carboxylic acid groups (broad SMARTS) is 1. The number of fused-ring (bicyclic) bond motifs is 3. The number of carboxylic acids is 1. The van der Waals surface area contributed by atoms with Crippen molar-refractivity contribution in [3.63, 3.8) is 0 Å². The molecule has 0 unspecified atom stereocenters. The Bertz CT molecular complexity index is 519. The molecule has 0 saturated carbocycles. The minimum Gasteiger partial charge on any atom is -0.480 e. The van der Waals surface area contributed by atoms with Crippen LogP contribution >= 0.6 is 0 Å². The summed E-state index contributed by atoms with van der Waals surface area (Å²) in [5.41, 5.74) is 0. The van der Waals surface area contributed by atoms with Crippen LogP contribution in [0.5, 0.6) is 0 Å². The van der Waals surface area contributed by atoms with Gasteiger partial charge >= 0.3 is 5.97 Å². The minimum absolute atomic E-state index is 0.116. The number of aromatic nitrogens is 2. The Morgan fingerprint density at radius 1 is 1.41 bits per heavy atom. The molecule has 2 aliphatic rings. The van der Waals surface area contributed by atoms with Crippen LogP contribution in [0, 0.1) is 5.92 Å². The van der Waals surface area contributed by atoms with Crippen LogP contribution in [0.25, 0.3) is 0 Å². The van der Waals surface area contributed by atoms with Crippen LogP contribution < -0.4 is 0 Å². The van der Waals surface area contributed by atoms with E-state index in [9.17, 15) is 4.79 Å². The molecule has 122 valence electrons. The van der Waals surface area contributed by atoms with Gasteiger partial charge in [0.25, 0.3) is 0 Å². The third-order valence-electron chi connectivity index (χ3n) is 4.50. The highest BCUT2D eigenvalue weighted by Crippen LogP contribution is 2.21. The second-order valence-corrected chi connectivity index (χ2v) is 6.20. The average Bonchev–Trinajstić information content (AvgIpc) is 2.73. The van der Waals surface area contributed by atoms with Gasteiger partial charge in [0.15, 0.2) is 0 Å². The highest BCUT2D eigenvalue weighted by molar-refractivity contribution is 5.69. The van der Waals surface area contributed by atoms with Gasteiger partial charge < -0.3 is 14.4 Å². The molecule has 1 N–H and O–H groups in total. The molecule has 0 amide bonds. The Hall–Kier alpha value is -1.44. The van der Waals surface area contributed by atoms with Gasteiger partial charge in [-0.25, -0.2) is 4.98 Å². The topological polar surface area (TPSA) is 70.8 Å². The SMILES string of the molecule is CCn1ccnc1CN1C[C@H]2COC[C@@H]1CN(CC(=O)O)C2. The molecule has 7 heteroatoms. The van der Waals surface area contributed by atoms with Gasteiger partial charge in [0.05, 0.1) is 26.3 Å². The van der Waals surface area contributed by atoms with Crippen molar-refractivity contribution >= 4 is 5.97 Å². The molecule has 2 aliphatic heterocycles. The molecular weight excluding hydrogens is 284 g/mol. The number of hydrogen-bond acceptors (Lipinski definition) is 5. The summed E-state index contributed by atoms with van der Waals surface area (Å²) in [6.07, 6.45) is 3.85. The van der Waals surface area contributed by atoms with E-state index < -0.39 is 5.97 Å². The second kappa shape index (κ2) is 6.76. The van der Waals surface area contributed by atoms with Crippen molar-refractivity contribution in [2.75, 3.05) is 39.4 Å². The maximum absolute atomic E-state index is 11.0. The van der Waals surface area contributed by atoms with E-state index in [4.69, 9.17) is 9.84 Å². The highest BCUT2D eigenvalue weighted by atomic mass is 16.5. The summed E-state index contributed by atoms with van der Waals surface area (Å²) in [6, 6.07) is 0.230. The number of aryl methyl sites for hydroxylation is 1. The lowest BCUT2D eigenvalue weighted by molar-refractivity contribution is -0.138. The van der Waals surface area contributed by atoms with Crippen molar-refractivity contribution < 1.29 is 14.6 Å². The van der Waals surface area contributed by atoms with Crippen molar-refractivity contribution in [1.82, 2.24) is 19.4 Å². The van der Waals surface area contributed by atoms with E-state index in [1.165, 1.54) is 0 Å². The summed E-state index contributed by atoms with van der Waals surface area (Å²) in [5.74, 6) is 0.672. The molecule has 7 nitrogen and oxygen atoms in total. The fourth-order valence-corrected chi connectivity index (χ4v) is 3.50. The predicted octanol–water partition coefficient (Wildman–Crippen LogP) is 0.120. The first-order valence-electron chi connectivity index (χ1n) is 7.91. The van der Waals surface area contributed by atoms with E-state index >= 15 is 0 Å². The summed E-state index contributed by atoms with van der Waals surface area (Å²) < 4.78 is 7.94. The number of carbonyl (C=O) groups is 1. The lowest BCUT2D eigenvalue weighted by Gasteiger charge is -2.30. The normalized spacial score (nSPS) is 26.8. The van der Waals surface area contributed by atoms with Crippen LogP contribution in [-0.2, 0) is 22.6 Å². The van der Waals surface area contributed by atoms with Gasteiger partial charge in [0.2, 0.25) is 0 Å². The standard InChI is InChI=1S/C15H24N4O3/c1-2-18-4-3-16-14(18)8-19-6-12-5-17(9-15(20)21)7-13(19)11-22-10-12/h3-4,12-13H,2,5-11H2,1H3,(H,20,21)/t12-,13-/m0/s1. The number of aliphatic carboxylic acids is 1. The van der Waals surface area contributed by atoms with Crippen LogP contribution in [0.4, 0.5) is 0 Å². The minimum atomic E-state index is -0.756. The number of imidazole rings is 1. The second-order valence-electron chi connectivity index (χ2n) is 6.20. The molecule has 2 bridgehead atoms. The Kier molecular flexibility index (Phi) is 4.75. The van der Waals surface area contributed by atoms with Gasteiger partial charge in [-0.05, 0) is 6.92 Å². The van der Waals surface area contributed by atoms with Gasteiger partial charge in [-0.3, -0.25) is 14.6 Å². The van der Waals surface area contributed by atoms with Gasteiger partial charge in [-0.2, -0.15) is 0 Å². The van der Waals surface area contributed by atoms with E-state index in [1.54, 1.807) is 0 Å². The lowest BCUT2D eigenvalue weighted by atomic mass is 10.1. The number of ether oxygens (including phenoxy) is 1.